The second-order valence-corrected chi connectivity index (χ2v) is 8.53. The second kappa shape index (κ2) is 8.01. The van der Waals surface area contributed by atoms with Crippen LogP contribution in [-0.4, -0.2) is 25.7 Å². The molecule has 0 saturated heterocycles. The molecule has 0 atom stereocenters. The second-order valence-electron chi connectivity index (χ2n) is 8.53. The van der Waals surface area contributed by atoms with Crippen LogP contribution in [0.25, 0.3) is 22.2 Å². The number of rotatable bonds is 3. The summed E-state index contributed by atoms with van der Waals surface area (Å²) in [6, 6.07) is 6.46. The van der Waals surface area contributed by atoms with Crippen LogP contribution in [0.15, 0.2) is 45.8 Å². The Kier molecular flexibility index (Phi) is 5.32. The van der Waals surface area contributed by atoms with E-state index in [0.29, 0.717) is 22.3 Å². The summed E-state index contributed by atoms with van der Waals surface area (Å²) in [7, 11) is 1.56. The predicted molar refractivity (Wildman–Crippen MR) is 122 cm³/mol. The van der Waals surface area contributed by atoms with E-state index in [1.807, 2.05) is 20.8 Å². The molecule has 1 aromatic carbocycles. The van der Waals surface area contributed by atoms with Crippen LogP contribution in [0, 0.1) is 5.82 Å². The minimum Gasteiger partial charge on any atom is -0.368 e. The number of carbonyl (C=O) groups is 1. The van der Waals surface area contributed by atoms with Crippen molar-refractivity contribution >= 4 is 34.6 Å². The van der Waals surface area contributed by atoms with Gasteiger partial charge in [-0.3, -0.25) is 14.7 Å². The lowest BCUT2D eigenvalue weighted by Gasteiger charge is -2.12. The zero-order valence-corrected chi connectivity index (χ0v) is 18.4. The van der Waals surface area contributed by atoms with Crippen LogP contribution in [0.4, 0.5) is 26.7 Å². The molecule has 4 aromatic rings. The van der Waals surface area contributed by atoms with Gasteiger partial charge in [0.2, 0.25) is 11.8 Å². The Bertz CT molecular complexity index is 1440. The van der Waals surface area contributed by atoms with Crippen molar-refractivity contribution in [2.24, 2.45) is 7.05 Å². The highest BCUT2D eigenvalue weighted by Gasteiger charge is 2.20. The fourth-order valence-corrected chi connectivity index (χ4v) is 3.21. The maximum atomic E-state index is 14.4. The van der Waals surface area contributed by atoms with E-state index in [0.717, 1.165) is 0 Å². The molecule has 4 N–H and O–H groups in total. The number of anilines is 3. The van der Waals surface area contributed by atoms with Gasteiger partial charge in [0.25, 0.3) is 5.56 Å². The number of pyridine rings is 1. The van der Waals surface area contributed by atoms with E-state index in [2.05, 4.69) is 25.8 Å². The summed E-state index contributed by atoms with van der Waals surface area (Å²) in [5.74, 6) is -0.502. The lowest BCUT2D eigenvalue weighted by atomic mass is 9.92. The molecule has 10 nitrogen and oxygen atoms in total. The van der Waals surface area contributed by atoms with Crippen LogP contribution in [0.3, 0.4) is 0 Å². The van der Waals surface area contributed by atoms with Crippen molar-refractivity contribution in [3.8, 4) is 11.1 Å². The number of halogens is 1. The zero-order chi connectivity index (χ0) is 23.9. The third-order valence-electron chi connectivity index (χ3n) is 5.01. The van der Waals surface area contributed by atoms with Crippen molar-refractivity contribution in [3.05, 3.63) is 58.4 Å². The molecule has 2 amide bonds. The number of nitrogens with zero attached hydrogens (tertiary/aromatic N) is 4. The number of hydrogen-bond donors (Lipinski definition) is 3. The Balaban J connectivity index is 1.63. The number of benzene rings is 1. The summed E-state index contributed by atoms with van der Waals surface area (Å²) >= 11 is 0. The van der Waals surface area contributed by atoms with E-state index in [1.54, 1.807) is 19.2 Å². The molecular weight excluding hydrogens is 429 g/mol. The number of hydrogen-bond acceptors (Lipinski definition) is 7. The van der Waals surface area contributed by atoms with Gasteiger partial charge in [-0.2, -0.15) is 4.98 Å². The lowest BCUT2D eigenvalue weighted by molar-refractivity contribution is 0.261. The summed E-state index contributed by atoms with van der Waals surface area (Å²) in [5, 5.41) is 9.41. The van der Waals surface area contributed by atoms with Crippen molar-refractivity contribution in [1.29, 1.82) is 0 Å². The Hall–Kier alpha value is -4.28. The molecular formula is C22H22FN7O3. The van der Waals surface area contributed by atoms with E-state index in [9.17, 15) is 14.0 Å². The van der Waals surface area contributed by atoms with Gasteiger partial charge in [-0.15, -0.1) is 0 Å². The lowest BCUT2D eigenvalue weighted by Crippen LogP contribution is -2.21. The highest BCUT2D eigenvalue weighted by atomic mass is 19.1. The average Bonchev–Trinajstić information content (AvgIpc) is 3.22. The first-order valence-corrected chi connectivity index (χ1v) is 10.0. The Morgan fingerprint density at radius 2 is 1.94 bits per heavy atom. The largest absolute Gasteiger partial charge is 0.368 e. The molecule has 0 fully saturated rings. The molecule has 0 unspecified atom stereocenters. The van der Waals surface area contributed by atoms with Crippen LogP contribution in [-0.2, 0) is 12.5 Å². The number of aromatic nitrogens is 4. The molecule has 0 aliphatic heterocycles. The van der Waals surface area contributed by atoms with Crippen molar-refractivity contribution in [2.45, 2.75) is 26.2 Å². The number of urea groups is 1. The van der Waals surface area contributed by atoms with Crippen LogP contribution in [0.5, 0.6) is 0 Å². The summed E-state index contributed by atoms with van der Waals surface area (Å²) in [6.07, 6.45) is 1.50. The van der Waals surface area contributed by atoms with Gasteiger partial charge >= 0.3 is 6.03 Å². The molecule has 0 radical (unpaired) electrons. The monoisotopic (exact) mass is 451 g/mol. The van der Waals surface area contributed by atoms with E-state index in [-0.39, 0.29) is 34.1 Å². The fraction of sp³-hybridized carbons (Fsp3) is 0.227. The van der Waals surface area contributed by atoms with Gasteiger partial charge < -0.3 is 15.6 Å². The highest BCUT2D eigenvalue weighted by Crippen LogP contribution is 2.26. The summed E-state index contributed by atoms with van der Waals surface area (Å²) in [5.41, 5.74) is 6.60. The van der Waals surface area contributed by atoms with Gasteiger partial charge in [-0.1, -0.05) is 32.0 Å². The Morgan fingerprint density at radius 1 is 1.18 bits per heavy atom. The molecule has 0 spiro atoms. The molecule has 11 heteroatoms. The van der Waals surface area contributed by atoms with E-state index >= 15 is 0 Å². The number of nitrogens with one attached hydrogen (secondary N) is 2. The van der Waals surface area contributed by atoms with Crippen LogP contribution in [0.1, 0.15) is 26.5 Å². The van der Waals surface area contributed by atoms with Gasteiger partial charge in [0.05, 0.1) is 11.4 Å². The number of nitrogens with two attached hydrogens (primary N) is 1. The maximum absolute atomic E-state index is 14.4. The van der Waals surface area contributed by atoms with Gasteiger partial charge in [0.15, 0.2) is 0 Å². The number of aryl methyl sites for hydroxylation is 1. The molecule has 0 bridgehead atoms. The predicted octanol–water partition coefficient (Wildman–Crippen LogP) is 3.65. The zero-order valence-electron chi connectivity index (χ0n) is 18.4. The summed E-state index contributed by atoms with van der Waals surface area (Å²) in [6.45, 7) is 5.86. The average molecular weight is 451 g/mol. The third-order valence-corrected chi connectivity index (χ3v) is 5.01. The molecule has 3 heterocycles. The fourth-order valence-electron chi connectivity index (χ4n) is 3.21. The molecule has 0 aliphatic rings. The number of fused-ring (bicyclic) bond motifs is 1. The summed E-state index contributed by atoms with van der Waals surface area (Å²) in [4.78, 5) is 33.3. The molecule has 170 valence electrons. The van der Waals surface area contributed by atoms with Crippen molar-refractivity contribution in [2.75, 3.05) is 16.4 Å². The van der Waals surface area contributed by atoms with E-state index in [1.165, 1.54) is 29.0 Å². The molecule has 33 heavy (non-hydrogen) atoms. The standard InChI is InChI=1S/C22H22FN7O3/c1-22(2,3)16-9-17(33-29-16)27-21(32)26-15-8-11(5-6-14(15)23)13-7-12-10-25-20(24)28-18(12)30(4)19(13)31/h5-10H,1-4H3,(H2,24,25,28)(H2,26,27,32). The van der Waals surface area contributed by atoms with Crippen LogP contribution in [0.2, 0.25) is 0 Å². The first-order valence-electron chi connectivity index (χ1n) is 10.0. The number of amides is 2. The SMILES string of the molecule is Cn1c(=O)c(-c2ccc(F)c(NC(=O)Nc3cc(C(C)(C)C)no3)c2)cc2cnc(N)nc21. The molecule has 3 aromatic heterocycles. The Labute approximate surface area is 187 Å². The minimum atomic E-state index is -0.724. The minimum absolute atomic E-state index is 0.0471. The van der Waals surface area contributed by atoms with Crippen molar-refractivity contribution in [3.63, 3.8) is 0 Å². The van der Waals surface area contributed by atoms with Gasteiger partial charge in [-0.25, -0.2) is 14.2 Å². The van der Waals surface area contributed by atoms with Crippen LogP contribution >= 0.6 is 0 Å². The quantitative estimate of drug-likeness (QED) is 0.432. The van der Waals surface area contributed by atoms with Gasteiger partial charge in [0, 0.05) is 35.7 Å². The van der Waals surface area contributed by atoms with Gasteiger partial charge in [-0.05, 0) is 23.8 Å². The van der Waals surface area contributed by atoms with Crippen molar-refractivity contribution < 1.29 is 13.7 Å². The van der Waals surface area contributed by atoms with Gasteiger partial charge in [0.1, 0.15) is 11.5 Å². The number of nitrogen functional groups attached to an aromatic ring is 1. The third kappa shape index (κ3) is 4.38. The van der Waals surface area contributed by atoms with Crippen LogP contribution < -0.4 is 21.9 Å². The highest BCUT2D eigenvalue weighted by molar-refractivity contribution is 5.99. The summed E-state index contributed by atoms with van der Waals surface area (Å²) < 4.78 is 20.9. The molecule has 0 aliphatic carbocycles. The van der Waals surface area contributed by atoms with E-state index in [4.69, 9.17) is 10.3 Å². The first-order chi connectivity index (χ1) is 15.5. The normalized spacial score (nSPS) is 11.5. The smallest absolute Gasteiger partial charge is 0.326 e. The van der Waals surface area contributed by atoms with E-state index < -0.39 is 11.8 Å². The Morgan fingerprint density at radius 3 is 2.64 bits per heavy atom. The maximum Gasteiger partial charge on any atom is 0.326 e. The van der Waals surface area contributed by atoms with Crippen molar-refractivity contribution in [1.82, 2.24) is 19.7 Å². The first kappa shape index (κ1) is 21.9. The molecule has 0 saturated carbocycles. The number of carbonyl (C=O) groups excluding carboxylic acids is 1. The topological polar surface area (TPSA) is 141 Å². The molecule has 4 rings (SSSR count).